The van der Waals surface area contributed by atoms with E-state index in [2.05, 4.69) is 10.2 Å². The van der Waals surface area contributed by atoms with Gasteiger partial charge in [0.2, 0.25) is 10.0 Å². The first-order valence-corrected chi connectivity index (χ1v) is 10.1. The van der Waals surface area contributed by atoms with Crippen LogP contribution in [0.4, 0.5) is 5.69 Å². The number of benzene rings is 1. The Morgan fingerprint density at radius 3 is 2.28 bits per heavy atom. The van der Waals surface area contributed by atoms with Gasteiger partial charge in [0.15, 0.2) is 6.10 Å². The van der Waals surface area contributed by atoms with Gasteiger partial charge in [-0.15, -0.1) is 0 Å². The molecule has 0 unspecified atom stereocenters. The number of carbonyl (C=O) groups excluding carboxylic acids is 1. The van der Waals surface area contributed by atoms with E-state index in [1.807, 2.05) is 21.0 Å². The number of nitrogens with zero attached hydrogens (tertiary/aromatic N) is 2. The van der Waals surface area contributed by atoms with Gasteiger partial charge in [0.05, 0.1) is 11.9 Å². The molecule has 1 aromatic carbocycles. The quantitative estimate of drug-likeness (QED) is 0.628. The fourth-order valence-electron chi connectivity index (χ4n) is 2.13. The molecule has 1 aromatic rings. The van der Waals surface area contributed by atoms with Gasteiger partial charge in [-0.25, -0.2) is 8.42 Å². The molecule has 0 aromatic heterocycles. The lowest BCUT2D eigenvalue weighted by Gasteiger charge is -2.19. The summed E-state index contributed by atoms with van der Waals surface area (Å²) in [5.41, 5.74) is 0.538. The van der Waals surface area contributed by atoms with Gasteiger partial charge in [-0.2, -0.15) is 0 Å². The van der Waals surface area contributed by atoms with Crippen molar-refractivity contribution in [2.75, 3.05) is 44.8 Å². The Morgan fingerprint density at radius 1 is 1.20 bits per heavy atom. The van der Waals surface area contributed by atoms with Crippen LogP contribution in [0.25, 0.3) is 0 Å². The van der Waals surface area contributed by atoms with Crippen LogP contribution < -0.4 is 14.4 Å². The van der Waals surface area contributed by atoms with Crippen molar-refractivity contribution in [2.24, 2.45) is 0 Å². The van der Waals surface area contributed by atoms with E-state index in [4.69, 9.17) is 4.74 Å². The lowest BCUT2D eigenvalue weighted by molar-refractivity contribution is -0.128. The van der Waals surface area contributed by atoms with Crippen LogP contribution in [0.2, 0.25) is 0 Å². The number of hydrogen-bond donors (Lipinski definition) is 1. The molecule has 0 aliphatic carbocycles. The minimum atomic E-state index is -3.30. The highest BCUT2D eigenvalue weighted by molar-refractivity contribution is 7.92. The Hall–Kier alpha value is -1.80. The maximum atomic E-state index is 12.2. The number of rotatable bonds is 10. The maximum Gasteiger partial charge on any atom is 0.261 e. The summed E-state index contributed by atoms with van der Waals surface area (Å²) in [6.07, 6.45) is 2.00. The van der Waals surface area contributed by atoms with Crippen LogP contribution in [0.3, 0.4) is 0 Å². The number of hydrogen-bond acceptors (Lipinski definition) is 5. The predicted molar refractivity (Wildman–Crippen MR) is 101 cm³/mol. The van der Waals surface area contributed by atoms with E-state index < -0.39 is 16.1 Å². The Labute approximate surface area is 151 Å². The standard InChI is InChI=1S/C17H29N3O4S/c1-6-16(17(21)18-12-7-13-19(2)3)24-15-10-8-14(9-11-15)20(4)25(5,22)23/h8-11,16H,6-7,12-13H2,1-5H3,(H,18,21)/t16-/m0/s1. The van der Waals surface area contributed by atoms with Crippen LogP contribution in [0.15, 0.2) is 24.3 Å². The molecule has 1 N–H and O–H groups in total. The van der Waals surface area contributed by atoms with Gasteiger partial charge < -0.3 is 15.0 Å². The summed E-state index contributed by atoms with van der Waals surface area (Å²) in [7, 11) is 2.16. The van der Waals surface area contributed by atoms with Crippen molar-refractivity contribution in [3.63, 3.8) is 0 Å². The van der Waals surface area contributed by atoms with E-state index in [1.165, 1.54) is 11.4 Å². The van der Waals surface area contributed by atoms with Crippen LogP contribution in [0.5, 0.6) is 5.75 Å². The zero-order valence-electron chi connectivity index (χ0n) is 15.7. The fraction of sp³-hybridized carbons (Fsp3) is 0.588. The fourth-order valence-corrected chi connectivity index (χ4v) is 2.64. The number of anilines is 1. The average Bonchev–Trinajstić information content (AvgIpc) is 2.55. The Morgan fingerprint density at radius 2 is 1.80 bits per heavy atom. The molecule has 8 heteroatoms. The van der Waals surface area contributed by atoms with Gasteiger partial charge in [0.1, 0.15) is 5.75 Å². The van der Waals surface area contributed by atoms with Gasteiger partial charge in [-0.1, -0.05) is 6.92 Å². The van der Waals surface area contributed by atoms with Gasteiger partial charge in [-0.3, -0.25) is 9.10 Å². The molecule has 0 saturated heterocycles. The summed E-state index contributed by atoms with van der Waals surface area (Å²) in [5.74, 6) is 0.388. The molecule has 0 heterocycles. The van der Waals surface area contributed by atoms with Gasteiger partial charge in [0.25, 0.3) is 5.91 Å². The van der Waals surface area contributed by atoms with Crippen molar-refractivity contribution < 1.29 is 17.9 Å². The van der Waals surface area contributed by atoms with E-state index in [0.717, 1.165) is 19.2 Å². The number of nitrogens with one attached hydrogen (secondary N) is 1. The summed E-state index contributed by atoms with van der Waals surface area (Å²) in [6, 6.07) is 6.63. The summed E-state index contributed by atoms with van der Waals surface area (Å²) < 4.78 is 30.0. The summed E-state index contributed by atoms with van der Waals surface area (Å²) in [4.78, 5) is 14.3. The first-order chi connectivity index (χ1) is 11.6. The summed E-state index contributed by atoms with van der Waals surface area (Å²) in [5, 5.41) is 2.88. The Bertz CT molecular complexity index is 644. The van der Waals surface area contributed by atoms with Crippen molar-refractivity contribution >= 4 is 21.6 Å². The number of sulfonamides is 1. The average molecular weight is 372 g/mol. The third-order valence-corrected chi connectivity index (χ3v) is 4.93. The van der Waals surface area contributed by atoms with Crippen molar-refractivity contribution in [1.29, 1.82) is 0 Å². The normalized spacial score (nSPS) is 12.7. The number of carbonyl (C=O) groups is 1. The zero-order chi connectivity index (χ0) is 19.0. The number of amides is 1. The van der Waals surface area contributed by atoms with E-state index >= 15 is 0 Å². The second-order valence-corrected chi connectivity index (χ2v) is 8.20. The second kappa shape index (κ2) is 9.62. The monoisotopic (exact) mass is 371 g/mol. The highest BCUT2D eigenvalue weighted by Gasteiger charge is 2.18. The first-order valence-electron chi connectivity index (χ1n) is 8.28. The molecule has 0 bridgehead atoms. The molecule has 1 amide bonds. The summed E-state index contributed by atoms with van der Waals surface area (Å²) >= 11 is 0. The summed E-state index contributed by atoms with van der Waals surface area (Å²) in [6.45, 7) is 3.40. The van der Waals surface area contributed by atoms with Crippen LogP contribution in [0, 0.1) is 0 Å². The molecule has 0 spiro atoms. The van der Waals surface area contributed by atoms with Gasteiger partial charge in [-0.05, 0) is 57.7 Å². The SMILES string of the molecule is CC[C@H](Oc1ccc(N(C)S(C)(=O)=O)cc1)C(=O)NCCCN(C)C. The largest absolute Gasteiger partial charge is 0.481 e. The third kappa shape index (κ3) is 7.31. The molecular formula is C17H29N3O4S. The van der Waals surface area contributed by atoms with Crippen LogP contribution >= 0.6 is 0 Å². The van der Waals surface area contributed by atoms with Gasteiger partial charge in [0, 0.05) is 13.6 Å². The maximum absolute atomic E-state index is 12.2. The number of ether oxygens (including phenoxy) is 1. The van der Waals surface area contributed by atoms with Crippen molar-refractivity contribution in [3.05, 3.63) is 24.3 Å². The van der Waals surface area contributed by atoms with E-state index in [1.54, 1.807) is 24.3 Å². The van der Waals surface area contributed by atoms with E-state index in [9.17, 15) is 13.2 Å². The molecule has 1 rings (SSSR count). The minimum absolute atomic E-state index is 0.140. The molecule has 142 valence electrons. The Kier molecular flexibility index (Phi) is 8.18. The molecule has 0 aliphatic rings. The molecule has 0 radical (unpaired) electrons. The van der Waals surface area contributed by atoms with Crippen molar-refractivity contribution in [3.8, 4) is 5.75 Å². The highest BCUT2D eigenvalue weighted by Crippen LogP contribution is 2.21. The van der Waals surface area contributed by atoms with Crippen LogP contribution in [-0.4, -0.2) is 65.8 Å². The molecule has 0 saturated carbocycles. The zero-order valence-corrected chi connectivity index (χ0v) is 16.5. The van der Waals surface area contributed by atoms with E-state index in [-0.39, 0.29) is 5.91 Å². The molecular weight excluding hydrogens is 342 g/mol. The third-order valence-electron chi connectivity index (χ3n) is 3.72. The topological polar surface area (TPSA) is 78.9 Å². The molecule has 0 fully saturated rings. The smallest absolute Gasteiger partial charge is 0.261 e. The predicted octanol–water partition coefficient (Wildman–Crippen LogP) is 1.31. The lowest BCUT2D eigenvalue weighted by Crippen LogP contribution is -2.39. The first kappa shape index (κ1) is 21.2. The molecule has 7 nitrogen and oxygen atoms in total. The van der Waals surface area contributed by atoms with Crippen LogP contribution in [0.1, 0.15) is 19.8 Å². The van der Waals surface area contributed by atoms with Gasteiger partial charge >= 0.3 is 0 Å². The minimum Gasteiger partial charge on any atom is -0.481 e. The molecule has 0 aliphatic heterocycles. The van der Waals surface area contributed by atoms with Crippen molar-refractivity contribution in [2.45, 2.75) is 25.9 Å². The second-order valence-electron chi connectivity index (χ2n) is 6.19. The van der Waals surface area contributed by atoms with E-state index in [0.29, 0.717) is 24.4 Å². The van der Waals surface area contributed by atoms with Crippen LogP contribution in [-0.2, 0) is 14.8 Å². The Balaban J connectivity index is 2.61. The molecule has 25 heavy (non-hydrogen) atoms. The molecule has 1 atom stereocenters. The highest BCUT2D eigenvalue weighted by atomic mass is 32.2. The lowest BCUT2D eigenvalue weighted by atomic mass is 10.2. The van der Waals surface area contributed by atoms with Crippen molar-refractivity contribution in [1.82, 2.24) is 10.2 Å².